The molecule has 28 heavy (non-hydrogen) atoms. The van der Waals surface area contributed by atoms with Crippen LogP contribution in [0, 0.1) is 0 Å². The number of rotatable bonds is 8. The lowest BCUT2D eigenvalue weighted by atomic mass is 9.91. The molecule has 0 radical (unpaired) electrons. The maximum Gasteiger partial charge on any atom is 0.303 e. The third-order valence-electron chi connectivity index (χ3n) is 5.48. The van der Waals surface area contributed by atoms with Crippen LogP contribution in [-0.2, 0) is 28.1 Å². The van der Waals surface area contributed by atoms with Gasteiger partial charge in [0.25, 0.3) is 0 Å². The molecular weight excluding hydrogens is 376 g/mol. The van der Waals surface area contributed by atoms with Crippen LogP contribution >= 0.6 is 11.6 Å². The minimum atomic E-state index is -0.497. The second kappa shape index (κ2) is 8.91. The molecule has 1 aliphatic rings. The summed E-state index contributed by atoms with van der Waals surface area (Å²) < 4.78 is 7.63. The van der Waals surface area contributed by atoms with E-state index in [0.717, 1.165) is 68.2 Å². The van der Waals surface area contributed by atoms with Crippen LogP contribution in [0.3, 0.4) is 0 Å². The van der Waals surface area contributed by atoms with Crippen LogP contribution in [0.4, 0.5) is 0 Å². The molecule has 0 saturated heterocycles. The van der Waals surface area contributed by atoms with Crippen LogP contribution in [0.2, 0.25) is 5.15 Å². The monoisotopic (exact) mass is 402 g/mol. The number of carbonyl (C=O) groups excluding carboxylic acids is 2. The van der Waals surface area contributed by atoms with E-state index in [0.29, 0.717) is 12.2 Å². The van der Waals surface area contributed by atoms with Gasteiger partial charge in [0.05, 0.1) is 0 Å². The van der Waals surface area contributed by atoms with Gasteiger partial charge in [-0.2, -0.15) is 0 Å². The Labute approximate surface area is 171 Å². The standard InChI is InChI=1S/C22H27ClN2O3/c1-3-4-7-20-24-21(23)19(15-26)25(20)14-17-8-10-18(11-9-17)22(28-16(2)27)12-5-6-13-22/h8-11,15H,3-7,12-14H2,1-2H3. The molecular formula is C22H27ClN2O3. The molecule has 6 heteroatoms. The number of benzene rings is 1. The lowest BCUT2D eigenvalue weighted by Crippen LogP contribution is -2.28. The first-order valence-corrected chi connectivity index (χ1v) is 10.4. The van der Waals surface area contributed by atoms with E-state index in [1.165, 1.54) is 6.92 Å². The van der Waals surface area contributed by atoms with Gasteiger partial charge in [0.1, 0.15) is 17.1 Å². The molecule has 150 valence electrons. The molecule has 0 bridgehead atoms. The number of aromatic nitrogens is 2. The summed E-state index contributed by atoms with van der Waals surface area (Å²) in [6, 6.07) is 8.14. The molecule has 0 spiro atoms. The van der Waals surface area contributed by atoms with Crippen LogP contribution in [0.5, 0.6) is 0 Å². The molecule has 1 aromatic heterocycles. The van der Waals surface area contributed by atoms with Crippen molar-refractivity contribution in [3.63, 3.8) is 0 Å². The minimum absolute atomic E-state index is 0.241. The third-order valence-corrected chi connectivity index (χ3v) is 5.76. The fourth-order valence-electron chi connectivity index (χ4n) is 4.06. The smallest absolute Gasteiger partial charge is 0.303 e. The van der Waals surface area contributed by atoms with Gasteiger partial charge >= 0.3 is 5.97 Å². The Hall–Kier alpha value is -2.14. The minimum Gasteiger partial charge on any atom is -0.454 e. The van der Waals surface area contributed by atoms with Crippen LogP contribution in [-0.4, -0.2) is 21.8 Å². The summed E-state index contributed by atoms with van der Waals surface area (Å²) in [6.07, 6.45) is 7.45. The van der Waals surface area contributed by atoms with Crippen molar-refractivity contribution in [2.75, 3.05) is 0 Å². The Bertz CT molecular complexity index is 836. The van der Waals surface area contributed by atoms with Gasteiger partial charge in [0.2, 0.25) is 0 Å². The number of halogens is 1. The summed E-state index contributed by atoms with van der Waals surface area (Å²) >= 11 is 6.16. The maximum absolute atomic E-state index is 11.6. The van der Waals surface area contributed by atoms with E-state index >= 15 is 0 Å². The SMILES string of the molecule is CCCCc1nc(Cl)c(C=O)n1Cc1ccc(C2(OC(C)=O)CCCC2)cc1. The van der Waals surface area contributed by atoms with E-state index in [4.69, 9.17) is 16.3 Å². The first-order chi connectivity index (χ1) is 13.5. The summed E-state index contributed by atoms with van der Waals surface area (Å²) in [5.41, 5.74) is 2.01. The first kappa shape index (κ1) is 20.6. The number of aryl methyl sites for hydroxylation is 1. The van der Waals surface area contributed by atoms with Crippen molar-refractivity contribution in [3.8, 4) is 0 Å². The van der Waals surface area contributed by atoms with E-state index < -0.39 is 5.60 Å². The van der Waals surface area contributed by atoms with Crippen LogP contribution in [0.1, 0.15) is 79.8 Å². The van der Waals surface area contributed by atoms with E-state index in [1.54, 1.807) is 0 Å². The summed E-state index contributed by atoms with van der Waals surface area (Å²) in [5.74, 6) is 0.598. The number of hydrogen-bond donors (Lipinski definition) is 0. The van der Waals surface area contributed by atoms with E-state index in [-0.39, 0.29) is 11.1 Å². The van der Waals surface area contributed by atoms with Gasteiger partial charge in [0, 0.05) is 19.9 Å². The van der Waals surface area contributed by atoms with Crippen LogP contribution < -0.4 is 0 Å². The van der Waals surface area contributed by atoms with Crippen molar-refractivity contribution in [1.29, 1.82) is 0 Å². The summed E-state index contributed by atoms with van der Waals surface area (Å²) in [4.78, 5) is 27.5. The fraction of sp³-hybridized carbons (Fsp3) is 0.500. The molecule has 0 aliphatic heterocycles. The zero-order chi connectivity index (χ0) is 20.1. The van der Waals surface area contributed by atoms with Crippen molar-refractivity contribution in [1.82, 2.24) is 9.55 Å². The molecule has 5 nitrogen and oxygen atoms in total. The normalized spacial score (nSPS) is 15.5. The first-order valence-electron chi connectivity index (χ1n) is 9.98. The number of unbranched alkanes of at least 4 members (excludes halogenated alkanes) is 1. The second-order valence-electron chi connectivity index (χ2n) is 7.50. The molecule has 0 N–H and O–H groups in total. The Kier molecular flexibility index (Phi) is 6.55. The van der Waals surface area contributed by atoms with Crippen LogP contribution in [0.15, 0.2) is 24.3 Å². The van der Waals surface area contributed by atoms with E-state index in [1.807, 2.05) is 28.8 Å². The number of imidazole rings is 1. The number of nitrogens with zero attached hydrogens (tertiary/aromatic N) is 2. The molecule has 3 rings (SSSR count). The molecule has 0 amide bonds. The predicted octanol–water partition coefficient (Wildman–Crippen LogP) is 5.07. The van der Waals surface area contributed by atoms with Crippen molar-refractivity contribution in [2.24, 2.45) is 0 Å². The highest BCUT2D eigenvalue weighted by Crippen LogP contribution is 2.42. The molecule has 2 aromatic rings. The number of ether oxygens (including phenoxy) is 1. The molecule has 1 aromatic carbocycles. The average Bonchev–Trinajstić information content (AvgIpc) is 3.25. The van der Waals surface area contributed by atoms with Gasteiger partial charge in [-0.3, -0.25) is 9.59 Å². The zero-order valence-electron chi connectivity index (χ0n) is 16.5. The highest BCUT2D eigenvalue weighted by atomic mass is 35.5. The van der Waals surface area contributed by atoms with E-state index in [9.17, 15) is 9.59 Å². The molecule has 1 heterocycles. The molecule has 0 unspecified atom stereocenters. The predicted molar refractivity (Wildman–Crippen MR) is 109 cm³/mol. The van der Waals surface area contributed by atoms with Gasteiger partial charge in [-0.25, -0.2) is 4.98 Å². The van der Waals surface area contributed by atoms with Crippen molar-refractivity contribution < 1.29 is 14.3 Å². The Morgan fingerprint density at radius 1 is 1.29 bits per heavy atom. The molecule has 1 aliphatic carbocycles. The fourth-order valence-corrected chi connectivity index (χ4v) is 4.31. The van der Waals surface area contributed by atoms with Crippen molar-refractivity contribution in [3.05, 3.63) is 52.1 Å². The topological polar surface area (TPSA) is 61.2 Å². The Morgan fingerprint density at radius 2 is 1.96 bits per heavy atom. The highest BCUT2D eigenvalue weighted by Gasteiger charge is 2.38. The summed E-state index contributed by atoms with van der Waals surface area (Å²) in [5, 5.41) is 0.262. The molecule has 1 saturated carbocycles. The highest BCUT2D eigenvalue weighted by molar-refractivity contribution is 6.31. The quantitative estimate of drug-likeness (QED) is 0.456. The van der Waals surface area contributed by atoms with Gasteiger partial charge in [0.15, 0.2) is 11.4 Å². The van der Waals surface area contributed by atoms with Crippen molar-refractivity contribution in [2.45, 2.75) is 70.9 Å². The molecule has 0 atom stereocenters. The lowest BCUT2D eigenvalue weighted by molar-refractivity contribution is -0.157. The van der Waals surface area contributed by atoms with Crippen molar-refractivity contribution >= 4 is 23.9 Å². The maximum atomic E-state index is 11.6. The summed E-state index contributed by atoms with van der Waals surface area (Å²) in [7, 11) is 0. The van der Waals surface area contributed by atoms with Gasteiger partial charge in [-0.15, -0.1) is 0 Å². The van der Waals surface area contributed by atoms with Crippen LogP contribution in [0.25, 0.3) is 0 Å². The van der Waals surface area contributed by atoms with Gasteiger partial charge < -0.3 is 9.30 Å². The number of hydrogen-bond acceptors (Lipinski definition) is 4. The van der Waals surface area contributed by atoms with Gasteiger partial charge in [-0.1, -0.05) is 49.2 Å². The second-order valence-corrected chi connectivity index (χ2v) is 7.86. The number of esters is 1. The largest absolute Gasteiger partial charge is 0.454 e. The Morgan fingerprint density at radius 3 is 2.54 bits per heavy atom. The number of carbonyl (C=O) groups is 2. The zero-order valence-corrected chi connectivity index (χ0v) is 17.3. The van der Waals surface area contributed by atoms with E-state index in [2.05, 4.69) is 11.9 Å². The third kappa shape index (κ3) is 4.30. The average molecular weight is 403 g/mol. The number of aldehydes is 1. The summed E-state index contributed by atoms with van der Waals surface area (Å²) in [6.45, 7) is 4.12. The lowest BCUT2D eigenvalue weighted by Gasteiger charge is -2.29. The Balaban J connectivity index is 1.85. The van der Waals surface area contributed by atoms with Gasteiger partial charge in [-0.05, 0) is 43.2 Å². The molecule has 1 fully saturated rings.